The average molecular weight is 240 g/mol. The zero-order valence-corrected chi connectivity index (χ0v) is 10.4. The highest BCUT2D eigenvalue weighted by Gasteiger charge is 2.16. The Labute approximate surface area is 106 Å². The Kier molecular flexibility index (Phi) is 2.67. The highest BCUT2D eigenvalue weighted by atomic mass is 16.1. The van der Waals surface area contributed by atoms with E-state index < -0.39 is 0 Å². The van der Waals surface area contributed by atoms with Crippen LogP contribution in [0.2, 0.25) is 0 Å². The Morgan fingerprint density at radius 1 is 1.17 bits per heavy atom. The maximum absolute atomic E-state index is 11.3. The van der Waals surface area contributed by atoms with E-state index >= 15 is 0 Å². The molecule has 1 aliphatic heterocycles. The molecular formula is C15H16N2O. The number of fused-ring (bicyclic) bond motifs is 1. The van der Waals surface area contributed by atoms with Gasteiger partial charge in [0.1, 0.15) is 0 Å². The summed E-state index contributed by atoms with van der Waals surface area (Å²) < 4.78 is 0. The van der Waals surface area contributed by atoms with Crippen molar-refractivity contribution in [1.82, 2.24) is 4.98 Å². The number of nitrogens with one attached hydrogen (secondary N) is 1. The van der Waals surface area contributed by atoms with Crippen LogP contribution in [0, 0.1) is 6.92 Å². The fourth-order valence-electron chi connectivity index (χ4n) is 2.53. The molecule has 1 N–H and O–H groups in total. The lowest BCUT2D eigenvalue weighted by Crippen LogP contribution is -2.31. The van der Waals surface area contributed by atoms with Crippen molar-refractivity contribution in [2.75, 3.05) is 11.4 Å². The molecule has 0 unspecified atom stereocenters. The third-order valence-corrected chi connectivity index (χ3v) is 3.50. The van der Waals surface area contributed by atoms with Gasteiger partial charge in [0, 0.05) is 31.0 Å². The number of pyridine rings is 1. The third kappa shape index (κ3) is 2.04. The Bertz CT molecular complexity index is 630. The molecule has 0 bridgehead atoms. The van der Waals surface area contributed by atoms with Crippen molar-refractivity contribution in [3.8, 4) is 0 Å². The minimum Gasteiger partial charge on any atom is -0.367 e. The monoisotopic (exact) mass is 240 g/mol. The highest BCUT2D eigenvalue weighted by Crippen LogP contribution is 2.23. The van der Waals surface area contributed by atoms with Crippen LogP contribution in [0.4, 0.5) is 5.69 Å². The summed E-state index contributed by atoms with van der Waals surface area (Å²) in [5, 5.41) is 0. The van der Waals surface area contributed by atoms with Crippen LogP contribution in [0.15, 0.2) is 41.3 Å². The number of aryl methyl sites for hydroxylation is 1. The summed E-state index contributed by atoms with van der Waals surface area (Å²) in [6.07, 6.45) is 2.76. The van der Waals surface area contributed by atoms with Gasteiger partial charge in [-0.25, -0.2) is 0 Å². The third-order valence-electron chi connectivity index (χ3n) is 3.50. The fourth-order valence-corrected chi connectivity index (χ4v) is 2.53. The van der Waals surface area contributed by atoms with Crippen molar-refractivity contribution in [2.45, 2.75) is 19.9 Å². The van der Waals surface area contributed by atoms with Gasteiger partial charge in [-0.15, -0.1) is 0 Å². The number of aromatic nitrogens is 1. The maximum Gasteiger partial charge on any atom is 0.249 e. The van der Waals surface area contributed by atoms with Crippen LogP contribution in [0.1, 0.15) is 16.7 Å². The molecule has 3 nitrogen and oxygen atoms in total. The second-order valence-corrected chi connectivity index (χ2v) is 4.85. The molecule has 0 amide bonds. The molecule has 3 heteroatoms. The summed E-state index contributed by atoms with van der Waals surface area (Å²) in [5.74, 6) is 0. The summed E-state index contributed by atoms with van der Waals surface area (Å²) in [4.78, 5) is 16.3. The van der Waals surface area contributed by atoms with Gasteiger partial charge >= 0.3 is 0 Å². The first-order chi connectivity index (χ1) is 8.72. The number of rotatable bonds is 1. The van der Waals surface area contributed by atoms with E-state index in [1.165, 1.54) is 16.7 Å². The minimum atomic E-state index is -0.0396. The molecule has 2 heterocycles. The molecule has 0 atom stereocenters. The summed E-state index contributed by atoms with van der Waals surface area (Å²) in [7, 11) is 0. The molecule has 0 aliphatic carbocycles. The van der Waals surface area contributed by atoms with Gasteiger partial charge in [-0.05, 0) is 30.5 Å². The smallest absolute Gasteiger partial charge is 0.249 e. The van der Waals surface area contributed by atoms with Crippen molar-refractivity contribution < 1.29 is 0 Å². The van der Waals surface area contributed by atoms with Crippen molar-refractivity contribution in [1.29, 1.82) is 0 Å². The Morgan fingerprint density at radius 2 is 2.06 bits per heavy atom. The summed E-state index contributed by atoms with van der Waals surface area (Å²) in [6, 6.07) is 10.2. The van der Waals surface area contributed by atoms with E-state index in [4.69, 9.17) is 0 Å². The molecule has 2 aromatic rings. The minimum absolute atomic E-state index is 0.0396. The zero-order chi connectivity index (χ0) is 12.5. The number of aromatic amines is 1. The normalized spacial score (nSPS) is 14.4. The van der Waals surface area contributed by atoms with E-state index in [-0.39, 0.29) is 5.56 Å². The van der Waals surface area contributed by atoms with Crippen LogP contribution >= 0.6 is 0 Å². The Morgan fingerprint density at radius 3 is 2.89 bits per heavy atom. The first-order valence-electron chi connectivity index (χ1n) is 6.24. The first kappa shape index (κ1) is 11.1. The highest BCUT2D eigenvalue weighted by molar-refractivity contribution is 5.48. The summed E-state index contributed by atoms with van der Waals surface area (Å²) in [5.41, 5.74) is 5.09. The second-order valence-electron chi connectivity index (χ2n) is 4.85. The van der Waals surface area contributed by atoms with Crippen LogP contribution in [0.3, 0.4) is 0 Å². The lowest BCUT2D eigenvalue weighted by molar-refractivity contribution is 0.730. The van der Waals surface area contributed by atoms with Gasteiger partial charge in [0.15, 0.2) is 0 Å². The van der Waals surface area contributed by atoms with E-state index in [1.54, 1.807) is 12.3 Å². The van der Waals surface area contributed by atoms with Crippen LogP contribution in [0.5, 0.6) is 0 Å². The number of hydrogen-bond acceptors (Lipinski definition) is 2. The van der Waals surface area contributed by atoms with Crippen LogP contribution in [-0.4, -0.2) is 11.5 Å². The van der Waals surface area contributed by atoms with Gasteiger partial charge in [0.2, 0.25) is 5.56 Å². The largest absolute Gasteiger partial charge is 0.367 e. The number of hydrogen-bond donors (Lipinski definition) is 1. The van der Waals surface area contributed by atoms with Gasteiger partial charge in [-0.3, -0.25) is 4.79 Å². The van der Waals surface area contributed by atoms with Crippen molar-refractivity contribution in [3.63, 3.8) is 0 Å². The van der Waals surface area contributed by atoms with E-state index in [9.17, 15) is 4.79 Å². The number of nitrogens with zero attached hydrogens (tertiary/aromatic N) is 1. The molecule has 1 aromatic carbocycles. The second kappa shape index (κ2) is 4.33. The molecular weight excluding hydrogens is 224 g/mol. The van der Waals surface area contributed by atoms with Gasteiger partial charge in [0.05, 0.1) is 0 Å². The molecule has 0 saturated heterocycles. The molecule has 0 fully saturated rings. The molecule has 1 aromatic heterocycles. The quantitative estimate of drug-likeness (QED) is 0.830. The van der Waals surface area contributed by atoms with E-state index in [0.717, 1.165) is 25.2 Å². The van der Waals surface area contributed by atoms with Crippen molar-refractivity contribution in [2.24, 2.45) is 0 Å². The Hall–Kier alpha value is -2.03. The Balaban J connectivity index is 1.91. The van der Waals surface area contributed by atoms with Crippen LogP contribution < -0.4 is 10.5 Å². The van der Waals surface area contributed by atoms with E-state index in [2.05, 4.69) is 35.0 Å². The molecule has 0 radical (unpaired) electrons. The van der Waals surface area contributed by atoms with Gasteiger partial charge < -0.3 is 9.88 Å². The molecule has 0 spiro atoms. The molecule has 0 saturated carbocycles. The number of benzene rings is 1. The maximum atomic E-state index is 11.3. The lowest BCUT2D eigenvalue weighted by atomic mass is 9.97. The van der Waals surface area contributed by atoms with Gasteiger partial charge in [-0.2, -0.15) is 0 Å². The SMILES string of the molecule is Cc1ccc2c(c1)CCN(c1cc[nH]c(=O)c1)C2. The number of H-pyrrole nitrogens is 1. The molecule has 18 heavy (non-hydrogen) atoms. The van der Waals surface area contributed by atoms with Crippen LogP contribution in [0.25, 0.3) is 0 Å². The fraction of sp³-hybridized carbons (Fsp3) is 0.267. The van der Waals surface area contributed by atoms with E-state index in [1.807, 2.05) is 6.07 Å². The predicted molar refractivity (Wildman–Crippen MR) is 73.0 cm³/mol. The molecule has 92 valence electrons. The predicted octanol–water partition coefficient (Wildman–Crippen LogP) is 2.25. The average Bonchev–Trinajstić information content (AvgIpc) is 2.38. The standard InChI is InChI=1S/C15H16N2O/c1-11-2-3-13-10-17(7-5-12(13)8-11)14-4-6-16-15(18)9-14/h2-4,6,8-9H,5,7,10H2,1H3,(H,16,18). The van der Waals surface area contributed by atoms with E-state index in [0.29, 0.717) is 0 Å². The molecule has 1 aliphatic rings. The summed E-state index contributed by atoms with van der Waals surface area (Å²) >= 11 is 0. The zero-order valence-electron chi connectivity index (χ0n) is 10.4. The topological polar surface area (TPSA) is 36.1 Å². The number of anilines is 1. The van der Waals surface area contributed by atoms with Gasteiger partial charge in [0.25, 0.3) is 0 Å². The lowest BCUT2D eigenvalue weighted by Gasteiger charge is -2.30. The summed E-state index contributed by atoms with van der Waals surface area (Å²) in [6.45, 7) is 3.99. The van der Waals surface area contributed by atoms with Gasteiger partial charge in [-0.1, -0.05) is 23.8 Å². The van der Waals surface area contributed by atoms with Crippen molar-refractivity contribution in [3.05, 3.63) is 63.6 Å². The molecule has 3 rings (SSSR count). The van der Waals surface area contributed by atoms with Crippen LogP contribution in [-0.2, 0) is 13.0 Å². The first-order valence-corrected chi connectivity index (χ1v) is 6.24. The van der Waals surface area contributed by atoms with Crippen molar-refractivity contribution >= 4 is 5.69 Å².